The van der Waals surface area contributed by atoms with Gasteiger partial charge < -0.3 is 0 Å². The summed E-state index contributed by atoms with van der Waals surface area (Å²) in [7, 11) is 0. The molecule has 8 nitrogen and oxygen atoms in total. The largest absolute Gasteiger partial charge is 0.301 e. The molecule has 21 heavy (non-hydrogen) atoms. The zero-order valence-electron chi connectivity index (χ0n) is 11.6. The molecule has 0 aromatic heterocycles. The van der Waals surface area contributed by atoms with Crippen LogP contribution in [-0.2, 0) is 0 Å². The molecule has 0 bridgehead atoms. The maximum absolute atomic E-state index is 11.0. The van der Waals surface area contributed by atoms with Gasteiger partial charge in [0.1, 0.15) is 5.69 Å². The van der Waals surface area contributed by atoms with Crippen molar-refractivity contribution in [2.45, 2.75) is 20.3 Å². The van der Waals surface area contributed by atoms with E-state index in [0.717, 1.165) is 23.8 Å². The van der Waals surface area contributed by atoms with E-state index in [1.165, 1.54) is 12.1 Å². The lowest BCUT2D eigenvalue weighted by Gasteiger charge is -2.04. The maximum Gasteiger partial charge on any atom is 0.301 e. The van der Waals surface area contributed by atoms with Crippen molar-refractivity contribution in [2.75, 3.05) is 5.43 Å². The quantitative estimate of drug-likeness (QED) is 0.675. The number of nitro groups is 2. The van der Waals surface area contributed by atoms with Gasteiger partial charge in [0.05, 0.1) is 21.6 Å². The number of allylic oxidation sites excluding steroid dienone is 2. The lowest BCUT2D eigenvalue weighted by atomic mass is 10.1. The van der Waals surface area contributed by atoms with Crippen LogP contribution in [0, 0.1) is 26.1 Å². The third kappa shape index (κ3) is 3.22. The minimum atomic E-state index is -0.672. The summed E-state index contributed by atoms with van der Waals surface area (Å²) in [6, 6.07) is 3.41. The van der Waals surface area contributed by atoms with Crippen molar-refractivity contribution < 1.29 is 9.85 Å². The van der Waals surface area contributed by atoms with E-state index in [1.807, 2.05) is 6.92 Å². The smallest absolute Gasteiger partial charge is 0.271 e. The maximum atomic E-state index is 11.0. The van der Waals surface area contributed by atoms with E-state index < -0.39 is 9.85 Å². The van der Waals surface area contributed by atoms with Crippen LogP contribution >= 0.6 is 0 Å². The number of non-ortho nitro benzene ring substituents is 1. The molecule has 0 fully saturated rings. The summed E-state index contributed by atoms with van der Waals surface area (Å²) >= 11 is 0. The molecule has 0 saturated carbocycles. The van der Waals surface area contributed by atoms with E-state index in [9.17, 15) is 20.2 Å². The highest BCUT2D eigenvalue weighted by atomic mass is 16.6. The minimum absolute atomic E-state index is 0.130. The van der Waals surface area contributed by atoms with E-state index >= 15 is 0 Å². The average molecular weight is 290 g/mol. The Bertz CT molecular complexity index is 666. The minimum Gasteiger partial charge on any atom is -0.271 e. The Kier molecular flexibility index (Phi) is 3.97. The van der Waals surface area contributed by atoms with Gasteiger partial charge in [0.15, 0.2) is 0 Å². The molecule has 1 aliphatic carbocycles. The number of benzene rings is 1. The van der Waals surface area contributed by atoms with Crippen molar-refractivity contribution in [1.29, 1.82) is 0 Å². The average Bonchev–Trinajstić information content (AvgIpc) is 2.74. The first-order chi connectivity index (χ1) is 9.88. The first-order valence-corrected chi connectivity index (χ1v) is 6.32. The van der Waals surface area contributed by atoms with Crippen molar-refractivity contribution in [3.8, 4) is 0 Å². The Morgan fingerprint density at radius 3 is 2.52 bits per heavy atom. The van der Waals surface area contributed by atoms with Gasteiger partial charge in [0.25, 0.3) is 5.69 Å². The van der Waals surface area contributed by atoms with Crippen LogP contribution in [0.5, 0.6) is 0 Å². The molecule has 8 heteroatoms. The molecule has 0 spiro atoms. The van der Waals surface area contributed by atoms with Gasteiger partial charge in [-0.25, -0.2) is 0 Å². The second kappa shape index (κ2) is 5.70. The SMILES string of the molecule is CC1=C[C@@H](C)C/C1=N/Nc1ccc([N+](=O)[O-])cc1[N+](=O)[O-]. The monoisotopic (exact) mass is 290 g/mol. The van der Waals surface area contributed by atoms with Gasteiger partial charge in [0, 0.05) is 6.07 Å². The Morgan fingerprint density at radius 2 is 2.00 bits per heavy atom. The fourth-order valence-electron chi connectivity index (χ4n) is 2.19. The summed E-state index contributed by atoms with van der Waals surface area (Å²) < 4.78 is 0. The molecule has 0 radical (unpaired) electrons. The van der Waals surface area contributed by atoms with Gasteiger partial charge >= 0.3 is 5.69 Å². The first kappa shape index (κ1) is 14.6. The molecule has 0 amide bonds. The molecule has 1 aromatic carbocycles. The molecule has 1 aromatic rings. The second-order valence-corrected chi connectivity index (χ2v) is 4.92. The van der Waals surface area contributed by atoms with E-state index in [-0.39, 0.29) is 17.1 Å². The Labute approximate surface area is 120 Å². The summed E-state index contributed by atoms with van der Waals surface area (Å²) in [5, 5.41) is 25.8. The first-order valence-electron chi connectivity index (χ1n) is 6.32. The number of nitrogens with one attached hydrogen (secondary N) is 1. The summed E-state index contributed by atoms with van der Waals surface area (Å²) in [4.78, 5) is 20.3. The summed E-state index contributed by atoms with van der Waals surface area (Å²) in [6.07, 6.45) is 2.84. The summed E-state index contributed by atoms with van der Waals surface area (Å²) in [6.45, 7) is 3.98. The van der Waals surface area contributed by atoms with Crippen LogP contribution in [-0.4, -0.2) is 15.6 Å². The predicted octanol–water partition coefficient (Wildman–Crippen LogP) is 3.26. The molecule has 0 aliphatic heterocycles. The summed E-state index contributed by atoms with van der Waals surface area (Å²) in [5.74, 6) is 0.386. The van der Waals surface area contributed by atoms with Crippen molar-refractivity contribution in [2.24, 2.45) is 11.0 Å². The highest BCUT2D eigenvalue weighted by Crippen LogP contribution is 2.29. The van der Waals surface area contributed by atoms with E-state index in [4.69, 9.17) is 0 Å². The van der Waals surface area contributed by atoms with Gasteiger partial charge in [-0.1, -0.05) is 13.0 Å². The van der Waals surface area contributed by atoms with Crippen molar-refractivity contribution in [1.82, 2.24) is 0 Å². The van der Waals surface area contributed by atoms with Crippen LogP contribution in [0.1, 0.15) is 20.3 Å². The molecule has 110 valence electrons. The van der Waals surface area contributed by atoms with Crippen LogP contribution < -0.4 is 5.43 Å². The molecule has 0 unspecified atom stereocenters. The zero-order valence-corrected chi connectivity index (χ0v) is 11.6. The van der Waals surface area contributed by atoms with Crippen molar-refractivity contribution in [3.63, 3.8) is 0 Å². The number of nitrogens with zero attached hydrogens (tertiary/aromatic N) is 3. The molecular formula is C13H14N4O4. The highest BCUT2D eigenvalue weighted by molar-refractivity contribution is 6.02. The Hall–Kier alpha value is -2.77. The number of hydrogen-bond acceptors (Lipinski definition) is 6. The molecule has 2 rings (SSSR count). The zero-order chi connectivity index (χ0) is 15.6. The summed E-state index contributed by atoms with van der Waals surface area (Å²) in [5.41, 5.74) is 3.92. The molecule has 1 aliphatic rings. The molecule has 1 N–H and O–H groups in total. The van der Waals surface area contributed by atoms with Crippen LogP contribution in [0.25, 0.3) is 0 Å². The van der Waals surface area contributed by atoms with Crippen molar-refractivity contribution in [3.05, 3.63) is 50.1 Å². The van der Waals surface area contributed by atoms with Crippen LogP contribution in [0.3, 0.4) is 0 Å². The second-order valence-electron chi connectivity index (χ2n) is 4.92. The van der Waals surface area contributed by atoms with Gasteiger partial charge in [-0.3, -0.25) is 25.7 Å². The molecule has 0 heterocycles. The highest BCUT2D eigenvalue weighted by Gasteiger charge is 2.20. The number of rotatable bonds is 4. The Balaban J connectivity index is 2.28. The van der Waals surface area contributed by atoms with E-state index in [0.29, 0.717) is 5.92 Å². The number of hydrazone groups is 1. The fourth-order valence-corrected chi connectivity index (χ4v) is 2.19. The van der Waals surface area contributed by atoms with Crippen LogP contribution in [0.4, 0.5) is 17.1 Å². The van der Waals surface area contributed by atoms with Crippen LogP contribution in [0.2, 0.25) is 0 Å². The topological polar surface area (TPSA) is 111 Å². The van der Waals surface area contributed by atoms with Crippen molar-refractivity contribution >= 4 is 22.8 Å². The third-order valence-electron chi connectivity index (χ3n) is 3.21. The number of nitro benzene ring substituents is 2. The third-order valence-corrected chi connectivity index (χ3v) is 3.21. The molecular weight excluding hydrogens is 276 g/mol. The van der Waals surface area contributed by atoms with Gasteiger partial charge in [-0.15, -0.1) is 0 Å². The van der Waals surface area contributed by atoms with Gasteiger partial charge in [0.2, 0.25) is 0 Å². The lowest BCUT2D eigenvalue weighted by Crippen LogP contribution is -2.03. The fraction of sp³-hybridized carbons (Fsp3) is 0.308. The predicted molar refractivity (Wildman–Crippen MR) is 78.3 cm³/mol. The normalized spacial score (nSPS) is 19.4. The van der Waals surface area contributed by atoms with Crippen LogP contribution in [0.15, 0.2) is 34.9 Å². The molecule has 0 saturated heterocycles. The van der Waals surface area contributed by atoms with Gasteiger partial charge in [-0.05, 0) is 30.9 Å². The van der Waals surface area contributed by atoms with E-state index in [2.05, 4.69) is 23.5 Å². The lowest BCUT2D eigenvalue weighted by molar-refractivity contribution is -0.393. The number of anilines is 1. The Morgan fingerprint density at radius 1 is 1.29 bits per heavy atom. The number of hydrogen-bond donors (Lipinski definition) is 1. The van der Waals surface area contributed by atoms with E-state index in [1.54, 1.807) is 0 Å². The van der Waals surface area contributed by atoms with Gasteiger partial charge in [-0.2, -0.15) is 5.10 Å². The molecule has 1 atom stereocenters. The standard InChI is InChI=1S/C13H14N4O4/c1-8-5-9(2)12(6-8)15-14-11-4-3-10(16(18)19)7-13(11)17(20)21/h3-5,7-8,14H,6H2,1-2H3/b15-12-/t8-/m1/s1.